The lowest BCUT2D eigenvalue weighted by molar-refractivity contribution is -0.140. The van der Waals surface area contributed by atoms with Gasteiger partial charge in [0.25, 0.3) is 0 Å². The Morgan fingerprint density at radius 2 is 1.77 bits per heavy atom. The number of ketones is 1. The Hall–Kier alpha value is -3.18. The zero-order valence-electron chi connectivity index (χ0n) is 17.1. The summed E-state index contributed by atoms with van der Waals surface area (Å²) in [5.74, 6) is -0.865. The first-order valence-corrected chi connectivity index (χ1v) is 9.99. The van der Waals surface area contributed by atoms with Crippen LogP contribution in [0.2, 0.25) is 5.15 Å². The molecule has 5 nitrogen and oxygen atoms in total. The second kappa shape index (κ2) is 9.55. The fraction of sp³-hybridized carbons (Fsp3) is 0.208. The molecule has 2 aromatic carbocycles. The van der Waals surface area contributed by atoms with Gasteiger partial charge in [0.15, 0.2) is 6.10 Å². The van der Waals surface area contributed by atoms with E-state index >= 15 is 0 Å². The van der Waals surface area contributed by atoms with Crippen molar-refractivity contribution in [1.82, 2.24) is 9.78 Å². The molecule has 0 bridgehead atoms. The number of rotatable bonds is 7. The Morgan fingerprint density at radius 3 is 2.43 bits per heavy atom. The molecule has 3 aromatic rings. The quantitative estimate of drug-likeness (QED) is 0.304. The monoisotopic (exact) mass is 422 g/mol. The van der Waals surface area contributed by atoms with Crippen LogP contribution in [0.15, 0.2) is 60.7 Å². The lowest BCUT2D eigenvalue weighted by atomic mass is 10.1. The summed E-state index contributed by atoms with van der Waals surface area (Å²) in [6.45, 7) is 5.85. The molecule has 154 valence electrons. The second-order valence-electron chi connectivity index (χ2n) is 7.08. The number of esters is 1. The maximum Gasteiger partial charge on any atom is 0.331 e. The number of aromatic nitrogens is 2. The zero-order chi connectivity index (χ0) is 21.7. The smallest absolute Gasteiger partial charge is 0.331 e. The van der Waals surface area contributed by atoms with Crippen molar-refractivity contribution < 1.29 is 14.3 Å². The Labute approximate surface area is 180 Å². The topological polar surface area (TPSA) is 61.2 Å². The van der Waals surface area contributed by atoms with Gasteiger partial charge in [-0.15, -0.1) is 0 Å². The third-order valence-electron chi connectivity index (χ3n) is 4.67. The van der Waals surface area contributed by atoms with Crippen molar-refractivity contribution in [3.8, 4) is 0 Å². The van der Waals surface area contributed by atoms with Crippen molar-refractivity contribution in [1.29, 1.82) is 0 Å². The van der Waals surface area contributed by atoms with Gasteiger partial charge in [-0.25, -0.2) is 9.48 Å². The van der Waals surface area contributed by atoms with Crippen LogP contribution in [0.1, 0.15) is 39.7 Å². The summed E-state index contributed by atoms with van der Waals surface area (Å²) in [5, 5.41) is 4.88. The maximum absolute atomic E-state index is 12.4. The Balaban J connectivity index is 1.65. The number of aryl methyl sites for hydroxylation is 2. The van der Waals surface area contributed by atoms with E-state index < -0.39 is 12.1 Å². The average Bonchev–Trinajstić information content (AvgIpc) is 2.99. The van der Waals surface area contributed by atoms with Crippen molar-refractivity contribution in [3.05, 3.63) is 93.8 Å². The number of benzene rings is 2. The number of carbonyl (C=O) groups excluding carboxylic acids is 2. The van der Waals surface area contributed by atoms with Crippen LogP contribution in [0.5, 0.6) is 0 Å². The number of carbonyl (C=O) groups is 2. The van der Waals surface area contributed by atoms with Crippen molar-refractivity contribution in [3.63, 3.8) is 0 Å². The molecule has 0 amide bonds. The maximum atomic E-state index is 12.4. The molecule has 0 saturated heterocycles. The number of Topliss-reactive ketones (excluding diaryl/α,β-unsaturated/α-hetero) is 1. The van der Waals surface area contributed by atoms with Gasteiger partial charge in [0.2, 0.25) is 5.78 Å². The molecule has 1 heterocycles. The molecule has 0 aliphatic rings. The third-order valence-corrected chi connectivity index (χ3v) is 5.07. The standard InChI is InChI=1S/C24H23ClN2O3/c1-16-9-11-20(12-10-16)23(29)18(3)30-22(28)14-13-21-17(2)26-27(24(21)25)15-19-7-5-4-6-8-19/h4-14,18H,15H2,1-3H3/b14-13+/t18-/m1/s1. The highest BCUT2D eigenvalue weighted by Crippen LogP contribution is 2.22. The molecule has 0 aliphatic carbocycles. The van der Waals surface area contributed by atoms with E-state index in [1.807, 2.05) is 56.3 Å². The third kappa shape index (κ3) is 5.24. The molecule has 0 fully saturated rings. The van der Waals surface area contributed by atoms with Gasteiger partial charge in [0.1, 0.15) is 5.15 Å². The van der Waals surface area contributed by atoms with Crippen molar-refractivity contribution >= 4 is 29.4 Å². The van der Waals surface area contributed by atoms with Gasteiger partial charge >= 0.3 is 5.97 Å². The largest absolute Gasteiger partial charge is 0.451 e. The predicted molar refractivity (Wildman–Crippen MR) is 118 cm³/mol. The van der Waals surface area contributed by atoms with E-state index in [0.717, 1.165) is 11.1 Å². The molecule has 0 spiro atoms. The highest BCUT2D eigenvalue weighted by Gasteiger charge is 2.19. The molecule has 30 heavy (non-hydrogen) atoms. The summed E-state index contributed by atoms with van der Waals surface area (Å²) in [5.41, 5.74) is 3.97. The lowest BCUT2D eigenvalue weighted by Gasteiger charge is -2.11. The van der Waals surface area contributed by atoms with Crippen LogP contribution in [-0.2, 0) is 16.1 Å². The highest BCUT2D eigenvalue weighted by molar-refractivity contribution is 6.31. The van der Waals surface area contributed by atoms with Crippen LogP contribution in [-0.4, -0.2) is 27.6 Å². The fourth-order valence-electron chi connectivity index (χ4n) is 2.99. The van der Waals surface area contributed by atoms with Crippen LogP contribution in [0, 0.1) is 13.8 Å². The summed E-state index contributed by atoms with van der Waals surface area (Å²) >= 11 is 6.45. The minimum atomic E-state index is -0.887. The molecule has 0 N–H and O–H groups in total. The SMILES string of the molecule is Cc1ccc(C(=O)[C@@H](C)OC(=O)/C=C/c2c(C)nn(Cc3ccccc3)c2Cl)cc1. The van der Waals surface area contributed by atoms with E-state index in [0.29, 0.717) is 28.5 Å². The summed E-state index contributed by atoms with van der Waals surface area (Å²) in [7, 11) is 0. The molecule has 1 atom stereocenters. The van der Waals surface area contributed by atoms with Gasteiger partial charge in [0, 0.05) is 17.2 Å². The summed E-state index contributed by atoms with van der Waals surface area (Å²) in [4.78, 5) is 24.6. The molecule has 1 aromatic heterocycles. The van der Waals surface area contributed by atoms with Gasteiger partial charge in [-0.05, 0) is 32.4 Å². The summed E-state index contributed by atoms with van der Waals surface area (Å²) < 4.78 is 6.94. The lowest BCUT2D eigenvalue weighted by Crippen LogP contribution is -2.23. The number of halogens is 1. The molecule has 3 rings (SSSR count). The van der Waals surface area contributed by atoms with Crippen molar-refractivity contribution in [2.75, 3.05) is 0 Å². The van der Waals surface area contributed by atoms with Gasteiger partial charge in [-0.3, -0.25) is 4.79 Å². The van der Waals surface area contributed by atoms with Gasteiger partial charge in [-0.1, -0.05) is 71.8 Å². The molecule has 0 aliphatic heterocycles. The van der Waals surface area contributed by atoms with Gasteiger partial charge < -0.3 is 4.74 Å². The minimum absolute atomic E-state index is 0.248. The van der Waals surface area contributed by atoms with Crippen LogP contribution in [0.3, 0.4) is 0 Å². The minimum Gasteiger partial charge on any atom is -0.451 e. The van der Waals surface area contributed by atoms with Crippen molar-refractivity contribution in [2.45, 2.75) is 33.4 Å². The average molecular weight is 423 g/mol. The fourth-order valence-corrected chi connectivity index (χ4v) is 3.29. The van der Waals surface area contributed by atoms with Crippen molar-refractivity contribution in [2.24, 2.45) is 0 Å². The molecular weight excluding hydrogens is 400 g/mol. The Bertz CT molecular complexity index is 1070. The Morgan fingerprint density at radius 1 is 1.10 bits per heavy atom. The van der Waals surface area contributed by atoms with Crippen LogP contribution < -0.4 is 0 Å². The van der Waals surface area contributed by atoms with Gasteiger partial charge in [0.05, 0.1) is 12.2 Å². The van der Waals surface area contributed by atoms with Crippen LogP contribution in [0.25, 0.3) is 6.08 Å². The van der Waals surface area contributed by atoms with Gasteiger partial charge in [-0.2, -0.15) is 5.10 Å². The zero-order valence-corrected chi connectivity index (χ0v) is 17.9. The second-order valence-corrected chi connectivity index (χ2v) is 7.43. The number of ether oxygens (including phenoxy) is 1. The van der Waals surface area contributed by atoms with E-state index in [2.05, 4.69) is 5.10 Å². The first-order chi connectivity index (χ1) is 14.3. The predicted octanol–water partition coefficient (Wildman–Crippen LogP) is 5.03. The molecular formula is C24H23ClN2O3. The van der Waals surface area contributed by atoms with E-state index in [1.165, 1.54) is 6.08 Å². The summed E-state index contributed by atoms with van der Waals surface area (Å²) in [6, 6.07) is 17.0. The Kier molecular flexibility index (Phi) is 6.85. The van der Waals surface area contributed by atoms with Crippen LogP contribution in [0.4, 0.5) is 0 Å². The normalized spacial score (nSPS) is 12.1. The molecule has 0 unspecified atom stereocenters. The first-order valence-electron chi connectivity index (χ1n) is 9.61. The van der Waals surface area contributed by atoms with E-state index in [4.69, 9.17) is 16.3 Å². The molecule has 0 saturated carbocycles. The number of hydrogen-bond acceptors (Lipinski definition) is 4. The van der Waals surface area contributed by atoms with E-state index in [1.54, 1.807) is 29.8 Å². The first kappa shape index (κ1) is 21.5. The van der Waals surface area contributed by atoms with E-state index in [9.17, 15) is 9.59 Å². The molecule has 0 radical (unpaired) electrons. The highest BCUT2D eigenvalue weighted by atomic mass is 35.5. The van der Waals surface area contributed by atoms with Crippen LogP contribution >= 0.6 is 11.6 Å². The number of nitrogens with zero attached hydrogens (tertiary/aromatic N) is 2. The summed E-state index contributed by atoms with van der Waals surface area (Å²) in [6.07, 6.45) is 1.95. The van der Waals surface area contributed by atoms with E-state index in [-0.39, 0.29) is 5.78 Å². The molecule has 6 heteroatoms. The number of hydrogen-bond donors (Lipinski definition) is 0.